The van der Waals surface area contributed by atoms with Gasteiger partial charge in [-0.3, -0.25) is 14.4 Å². The molecule has 0 aliphatic carbocycles. The molecule has 1 aromatic rings. The molecular weight excluding hydrogens is 373 g/mol. The zero-order valence-corrected chi connectivity index (χ0v) is 15.6. The van der Waals surface area contributed by atoms with E-state index in [0.717, 1.165) is 12.8 Å². The first kappa shape index (κ1) is 19.6. The van der Waals surface area contributed by atoms with Crippen LogP contribution in [0.1, 0.15) is 29.6 Å². The first-order valence-electron chi connectivity index (χ1n) is 8.62. The Bertz CT molecular complexity index is 786. The van der Waals surface area contributed by atoms with Crippen molar-refractivity contribution in [2.24, 2.45) is 0 Å². The zero-order chi connectivity index (χ0) is 19.6. The smallest absolute Gasteiger partial charge is 0.308 e. The van der Waals surface area contributed by atoms with Crippen molar-refractivity contribution in [3.63, 3.8) is 0 Å². The minimum Gasteiger partial charge on any atom is -0.481 e. The number of ether oxygens (including phenoxy) is 1. The molecule has 0 radical (unpaired) electrons. The van der Waals surface area contributed by atoms with E-state index < -0.39 is 35.3 Å². The molecule has 0 aromatic heterocycles. The second-order valence-electron chi connectivity index (χ2n) is 6.48. The van der Waals surface area contributed by atoms with Crippen LogP contribution in [-0.2, 0) is 14.3 Å². The summed E-state index contributed by atoms with van der Waals surface area (Å²) in [6, 6.07) is 5.01. The fourth-order valence-corrected chi connectivity index (χ4v) is 4.38. The maximum absolute atomic E-state index is 13.2. The number of rotatable bonds is 7. The highest BCUT2D eigenvalue weighted by Crippen LogP contribution is 2.36. The molecule has 1 fully saturated rings. The van der Waals surface area contributed by atoms with Crippen molar-refractivity contribution in [3.05, 3.63) is 46.8 Å². The summed E-state index contributed by atoms with van der Waals surface area (Å²) in [5.41, 5.74) is 0.383. The third-order valence-corrected chi connectivity index (χ3v) is 5.64. The van der Waals surface area contributed by atoms with Gasteiger partial charge < -0.3 is 14.7 Å². The Labute approximate surface area is 160 Å². The number of amides is 1. The normalized spacial score (nSPS) is 22.6. The van der Waals surface area contributed by atoms with Crippen molar-refractivity contribution in [3.8, 4) is 0 Å². The predicted octanol–water partition coefficient (Wildman–Crippen LogP) is 2.49. The summed E-state index contributed by atoms with van der Waals surface area (Å²) < 4.78 is 18.8. The SMILES string of the molecule is CS[C@H]1C(C(=O)c2ccc(F)cc2)=C(CC(=O)O)C(=O)N1C[C@H]1CCCO1. The molecule has 1 saturated heterocycles. The second-order valence-corrected chi connectivity index (χ2v) is 7.40. The fraction of sp³-hybridized carbons (Fsp3) is 0.421. The second kappa shape index (κ2) is 8.22. The van der Waals surface area contributed by atoms with Gasteiger partial charge in [0.1, 0.15) is 11.2 Å². The number of hydrogen-bond donors (Lipinski definition) is 1. The molecule has 6 nitrogen and oxygen atoms in total. The largest absolute Gasteiger partial charge is 0.481 e. The first-order valence-corrected chi connectivity index (χ1v) is 9.91. The van der Waals surface area contributed by atoms with Crippen LogP contribution in [0.4, 0.5) is 4.39 Å². The van der Waals surface area contributed by atoms with E-state index >= 15 is 0 Å². The monoisotopic (exact) mass is 393 g/mol. The number of Topliss-reactive ketones (excluding diaryl/α,β-unsaturated/α-hetero) is 1. The van der Waals surface area contributed by atoms with Gasteiger partial charge >= 0.3 is 5.97 Å². The third-order valence-electron chi connectivity index (χ3n) is 4.70. The number of carboxylic acid groups (broad SMARTS) is 1. The number of thioether (sulfide) groups is 1. The minimum atomic E-state index is -1.18. The van der Waals surface area contributed by atoms with Crippen molar-refractivity contribution >= 4 is 29.4 Å². The van der Waals surface area contributed by atoms with Gasteiger partial charge in [0.15, 0.2) is 5.78 Å². The minimum absolute atomic E-state index is 0.00540. The molecule has 2 atom stereocenters. The van der Waals surface area contributed by atoms with E-state index in [1.165, 1.54) is 40.9 Å². The summed E-state index contributed by atoms with van der Waals surface area (Å²) in [5, 5.41) is 8.64. The molecule has 8 heteroatoms. The van der Waals surface area contributed by atoms with Crippen LogP contribution in [-0.4, -0.2) is 58.6 Å². The quantitative estimate of drug-likeness (QED) is 0.717. The van der Waals surface area contributed by atoms with Crippen LogP contribution in [0.5, 0.6) is 0 Å². The van der Waals surface area contributed by atoms with E-state index in [4.69, 9.17) is 4.74 Å². The van der Waals surface area contributed by atoms with Crippen molar-refractivity contribution in [1.29, 1.82) is 0 Å². The Morgan fingerprint density at radius 3 is 2.59 bits per heavy atom. The van der Waals surface area contributed by atoms with Crippen LogP contribution < -0.4 is 0 Å². The molecule has 1 aromatic carbocycles. The average molecular weight is 393 g/mol. The van der Waals surface area contributed by atoms with Gasteiger partial charge in [-0.15, -0.1) is 11.8 Å². The molecule has 144 valence electrons. The molecular formula is C19H20FNO5S. The zero-order valence-electron chi connectivity index (χ0n) is 14.8. The topological polar surface area (TPSA) is 83.9 Å². The van der Waals surface area contributed by atoms with Gasteiger partial charge in [-0.1, -0.05) is 0 Å². The van der Waals surface area contributed by atoms with Crippen molar-refractivity contribution in [1.82, 2.24) is 4.90 Å². The lowest BCUT2D eigenvalue weighted by Crippen LogP contribution is -2.40. The highest BCUT2D eigenvalue weighted by Gasteiger charge is 2.43. The average Bonchev–Trinajstić information content (AvgIpc) is 3.23. The van der Waals surface area contributed by atoms with Gasteiger partial charge in [-0.25, -0.2) is 4.39 Å². The van der Waals surface area contributed by atoms with Gasteiger partial charge in [0.25, 0.3) is 5.91 Å². The Morgan fingerprint density at radius 2 is 2.04 bits per heavy atom. The van der Waals surface area contributed by atoms with Crippen LogP contribution in [0, 0.1) is 5.82 Å². The van der Waals surface area contributed by atoms with Crippen LogP contribution >= 0.6 is 11.8 Å². The summed E-state index contributed by atoms with van der Waals surface area (Å²) in [4.78, 5) is 38.8. The molecule has 2 aliphatic heterocycles. The molecule has 1 amide bonds. The molecule has 0 bridgehead atoms. The number of carbonyl (C=O) groups excluding carboxylic acids is 2. The van der Waals surface area contributed by atoms with Gasteiger partial charge in [0, 0.05) is 29.9 Å². The lowest BCUT2D eigenvalue weighted by molar-refractivity contribution is -0.137. The Balaban J connectivity index is 1.97. The highest BCUT2D eigenvalue weighted by atomic mass is 32.2. The number of carbonyl (C=O) groups is 3. The number of hydrogen-bond acceptors (Lipinski definition) is 5. The molecule has 1 N–H and O–H groups in total. The lowest BCUT2D eigenvalue weighted by atomic mass is 9.98. The van der Waals surface area contributed by atoms with Gasteiger partial charge in [0.2, 0.25) is 0 Å². The predicted molar refractivity (Wildman–Crippen MR) is 98.0 cm³/mol. The Morgan fingerprint density at radius 1 is 1.33 bits per heavy atom. The summed E-state index contributed by atoms with van der Waals surface area (Å²) in [6.07, 6.45) is 2.85. The van der Waals surface area contributed by atoms with E-state index in [1.807, 2.05) is 0 Å². The molecule has 0 spiro atoms. The van der Waals surface area contributed by atoms with E-state index in [9.17, 15) is 23.9 Å². The number of benzene rings is 1. The van der Waals surface area contributed by atoms with Gasteiger partial charge in [-0.05, 0) is 43.4 Å². The van der Waals surface area contributed by atoms with Crippen molar-refractivity contribution in [2.75, 3.05) is 19.4 Å². The van der Waals surface area contributed by atoms with Gasteiger partial charge in [0.05, 0.1) is 12.5 Å². The number of nitrogens with zero attached hydrogens (tertiary/aromatic N) is 1. The number of halogens is 1. The summed E-state index contributed by atoms with van der Waals surface area (Å²) in [7, 11) is 0. The van der Waals surface area contributed by atoms with E-state index in [2.05, 4.69) is 0 Å². The molecule has 2 heterocycles. The number of aliphatic carboxylic acids is 1. The highest BCUT2D eigenvalue weighted by molar-refractivity contribution is 7.99. The fourth-order valence-electron chi connectivity index (χ4n) is 3.46. The first-order chi connectivity index (χ1) is 12.9. The van der Waals surface area contributed by atoms with Crippen LogP contribution in [0.25, 0.3) is 0 Å². The molecule has 27 heavy (non-hydrogen) atoms. The standard InChI is InChI=1S/C19H20FNO5S/c1-27-19-16(17(24)11-4-6-12(20)7-5-11)14(9-15(22)23)18(25)21(19)10-13-3-2-8-26-13/h4-7,13,19H,2-3,8-10H2,1H3,(H,22,23)/t13-,19+/m1/s1. The maximum atomic E-state index is 13.2. The van der Waals surface area contributed by atoms with Crippen LogP contribution in [0.15, 0.2) is 35.4 Å². The molecule has 0 unspecified atom stereocenters. The van der Waals surface area contributed by atoms with Crippen LogP contribution in [0.2, 0.25) is 0 Å². The van der Waals surface area contributed by atoms with Crippen LogP contribution in [0.3, 0.4) is 0 Å². The number of carboxylic acids is 1. The summed E-state index contributed by atoms with van der Waals surface area (Å²) in [6.45, 7) is 0.946. The third kappa shape index (κ3) is 4.06. The molecule has 0 saturated carbocycles. The number of ketones is 1. The lowest BCUT2D eigenvalue weighted by Gasteiger charge is -2.27. The van der Waals surface area contributed by atoms with Crippen molar-refractivity contribution < 1.29 is 28.6 Å². The molecule has 2 aliphatic rings. The van der Waals surface area contributed by atoms with E-state index in [-0.39, 0.29) is 22.8 Å². The summed E-state index contributed by atoms with van der Waals surface area (Å²) in [5.74, 6) is -2.55. The Hall–Kier alpha value is -2.19. The maximum Gasteiger partial charge on any atom is 0.308 e. The molecule has 3 rings (SSSR count). The summed E-state index contributed by atoms with van der Waals surface area (Å²) >= 11 is 1.30. The van der Waals surface area contributed by atoms with E-state index in [0.29, 0.717) is 13.2 Å². The van der Waals surface area contributed by atoms with Gasteiger partial charge in [-0.2, -0.15) is 0 Å². The Kier molecular flexibility index (Phi) is 5.96. The van der Waals surface area contributed by atoms with Crippen molar-refractivity contribution in [2.45, 2.75) is 30.7 Å². The van der Waals surface area contributed by atoms with E-state index in [1.54, 1.807) is 6.26 Å².